The normalized spacial score (nSPS) is 18.9. The Hall–Kier alpha value is -1.10. The van der Waals surface area contributed by atoms with Crippen LogP contribution in [0.1, 0.15) is 41.0 Å². The second-order valence-corrected chi connectivity index (χ2v) is 10.1. The molecule has 0 spiro atoms. The van der Waals surface area contributed by atoms with E-state index in [1.165, 1.54) is 50.8 Å². The number of fused-ring (bicyclic) bond motifs is 2. The highest BCUT2D eigenvalue weighted by atomic mass is 32.2. The van der Waals surface area contributed by atoms with Gasteiger partial charge in [-0.05, 0) is 73.0 Å². The van der Waals surface area contributed by atoms with Gasteiger partial charge in [-0.2, -0.15) is 0 Å². The SMILES string of the molecule is COc1cccc2c1CCCC2CN(C)CCc1ccc2c(c1)SCSC2. The van der Waals surface area contributed by atoms with Crippen molar-refractivity contribution in [1.29, 1.82) is 0 Å². The van der Waals surface area contributed by atoms with E-state index in [0.29, 0.717) is 5.92 Å². The van der Waals surface area contributed by atoms with E-state index >= 15 is 0 Å². The molecule has 1 aliphatic heterocycles. The third-order valence-electron chi connectivity index (χ3n) is 5.81. The zero-order chi connectivity index (χ0) is 18.6. The summed E-state index contributed by atoms with van der Waals surface area (Å²) in [5, 5.41) is 1.20. The molecule has 0 saturated heterocycles. The molecule has 0 saturated carbocycles. The highest BCUT2D eigenvalue weighted by molar-refractivity contribution is 8.16. The molecule has 2 aromatic carbocycles. The van der Waals surface area contributed by atoms with E-state index in [2.05, 4.69) is 48.3 Å². The van der Waals surface area contributed by atoms with Crippen molar-refractivity contribution in [2.45, 2.75) is 42.2 Å². The molecule has 0 N–H and O–H groups in total. The molecule has 27 heavy (non-hydrogen) atoms. The van der Waals surface area contributed by atoms with E-state index in [1.807, 2.05) is 23.5 Å². The Labute approximate surface area is 172 Å². The Kier molecular flexibility index (Phi) is 6.36. The van der Waals surface area contributed by atoms with Gasteiger partial charge in [-0.1, -0.05) is 24.3 Å². The number of ether oxygens (including phenoxy) is 1. The molecular weight excluding hydrogens is 370 g/mol. The van der Waals surface area contributed by atoms with Crippen LogP contribution >= 0.6 is 23.5 Å². The maximum Gasteiger partial charge on any atom is 0.122 e. The molecule has 0 aromatic heterocycles. The summed E-state index contributed by atoms with van der Waals surface area (Å²) < 4.78 is 5.60. The van der Waals surface area contributed by atoms with E-state index < -0.39 is 0 Å². The van der Waals surface area contributed by atoms with Crippen LogP contribution in [0.25, 0.3) is 0 Å². The monoisotopic (exact) mass is 399 g/mol. The molecule has 2 aliphatic rings. The van der Waals surface area contributed by atoms with Crippen LogP contribution < -0.4 is 4.74 Å². The summed E-state index contributed by atoms with van der Waals surface area (Å²) >= 11 is 4.02. The Morgan fingerprint density at radius 1 is 1.22 bits per heavy atom. The quantitative estimate of drug-likeness (QED) is 0.628. The average molecular weight is 400 g/mol. The third-order valence-corrected chi connectivity index (χ3v) is 8.15. The predicted octanol–water partition coefficient (Wildman–Crippen LogP) is 5.59. The lowest BCUT2D eigenvalue weighted by Gasteiger charge is -2.30. The fraction of sp³-hybridized carbons (Fsp3) is 0.478. The van der Waals surface area contributed by atoms with Crippen molar-refractivity contribution in [3.05, 3.63) is 58.7 Å². The Morgan fingerprint density at radius 3 is 3.04 bits per heavy atom. The smallest absolute Gasteiger partial charge is 0.122 e. The molecule has 1 aliphatic carbocycles. The average Bonchev–Trinajstić information content (AvgIpc) is 2.72. The number of methoxy groups -OCH3 is 1. The van der Waals surface area contributed by atoms with Crippen LogP contribution in [0.2, 0.25) is 0 Å². The fourth-order valence-electron chi connectivity index (χ4n) is 4.35. The number of likely N-dealkylation sites (N-methyl/N-ethyl adjacent to an activating group) is 1. The zero-order valence-electron chi connectivity index (χ0n) is 16.4. The summed E-state index contributed by atoms with van der Waals surface area (Å²) in [6.45, 7) is 2.25. The number of nitrogens with zero attached hydrogens (tertiary/aromatic N) is 1. The summed E-state index contributed by atoms with van der Waals surface area (Å²) in [6.07, 6.45) is 4.85. The largest absolute Gasteiger partial charge is 0.496 e. The minimum absolute atomic E-state index is 0.630. The van der Waals surface area contributed by atoms with Gasteiger partial charge in [-0.3, -0.25) is 0 Å². The van der Waals surface area contributed by atoms with Gasteiger partial charge in [0.25, 0.3) is 0 Å². The van der Waals surface area contributed by atoms with Crippen molar-refractivity contribution in [1.82, 2.24) is 4.90 Å². The second-order valence-electron chi connectivity index (χ2n) is 7.68. The van der Waals surface area contributed by atoms with Crippen molar-refractivity contribution in [2.75, 3.05) is 32.3 Å². The maximum atomic E-state index is 5.60. The fourth-order valence-corrected chi connectivity index (χ4v) is 6.64. The number of thioether (sulfide) groups is 2. The number of hydrogen-bond donors (Lipinski definition) is 0. The topological polar surface area (TPSA) is 12.5 Å². The van der Waals surface area contributed by atoms with Crippen molar-refractivity contribution in [3.8, 4) is 5.75 Å². The van der Waals surface area contributed by atoms with E-state index in [-0.39, 0.29) is 0 Å². The Bertz CT molecular complexity index is 792. The van der Waals surface area contributed by atoms with Crippen molar-refractivity contribution >= 4 is 23.5 Å². The molecule has 0 bridgehead atoms. The lowest BCUT2D eigenvalue weighted by molar-refractivity contribution is 0.299. The standard InChI is InChI=1S/C23H29NOS2/c1-24(12-11-17-9-10-19-15-26-16-27-23(19)13-17)14-18-5-3-7-21-20(18)6-4-8-22(21)25-2/h4,6,8-10,13,18H,3,5,7,11-12,14-16H2,1-2H3. The zero-order valence-corrected chi connectivity index (χ0v) is 18.0. The van der Waals surface area contributed by atoms with Crippen LogP contribution in [-0.2, 0) is 18.6 Å². The molecule has 2 aromatic rings. The van der Waals surface area contributed by atoms with E-state index in [0.717, 1.165) is 31.7 Å². The molecular formula is C23H29NOS2. The van der Waals surface area contributed by atoms with Crippen molar-refractivity contribution in [3.63, 3.8) is 0 Å². The summed E-state index contributed by atoms with van der Waals surface area (Å²) in [6, 6.07) is 13.7. The highest BCUT2D eigenvalue weighted by Crippen LogP contribution is 2.37. The Balaban J connectivity index is 1.37. The number of benzene rings is 2. The second kappa shape index (κ2) is 8.93. The lowest BCUT2D eigenvalue weighted by Crippen LogP contribution is -2.28. The molecule has 144 valence electrons. The first-order valence-corrected chi connectivity index (χ1v) is 12.1. The van der Waals surface area contributed by atoms with Crippen molar-refractivity contribution in [2.24, 2.45) is 0 Å². The molecule has 0 radical (unpaired) electrons. The van der Waals surface area contributed by atoms with Crippen LogP contribution in [0.15, 0.2) is 41.3 Å². The summed E-state index contributed by atoms with van der Waals surface area (Å²) in [4.78, 5) is 4.02. The van der Waals surface area contributed by atoms with Gasteiger partial charge in [0.1, 0.15) is 5.75 Å². The van der Waals surface area contributed by atoms with Gasteiger partial charge in [0.2, 0.25) is 0 Å². The minimum Gasteiger partial charge on any atom is -0.496 e. The van der Waals surface area contributed by atoms with E-state index in [1.54, 1.807) is 7.11 Å². The molecule has 1 atom stereocenters. The van der Waals surface area contributed by atoms with Crippen LogP contribution in [0, 0.1) is 0 Å². The van der Waals surface area contributed by atoms with Gasteiger partial charge < -0.3 is 9.64 Å². The molecule has 0 fully saturated rings. The lowest BCUT2D eigenvalue weighted by atomic mass is 9.82. The van der Waals surface area contributed by atoms with Gasteiger partial charge in [0.05, 0.1) is 7.11 Å². The molecule has 4 rings (SSSR count). The highest BCUT2D eigenvalue weighted by Gasteiger charge is 2.23. The summed E-state index contributed by atoms with van der Waals surface area (Å²) in [5.41, 5.74) is 5.94. The van der Waals surface area contributed by atoms with Gasteiger partial charge in [-0.25, -0.2) is 0 Å². The molecule has 1 heterocycles. The first-order valence-electron chi connectivity index (χ1n) is 9.91. The van der Waals surface area contributed by atoms with Crippen LogP contribution in [0.4, 0.5) is 0 Å². The molecule has 0 amide bonds. The Morgan fingerprint density at radius 2 is 2.15 bits per heavy atom. The molecule has 2 nitrogen and oxygen atoms in total. The van der Waals surface area contributed by atoms with Gasteiger partial charge in [0, 0.05) is 28.8 Å². The van der Waals surface area contributed by atoms with Crippen molar-refractivity contribution < 1.29 is 4.74 Å². The maximum absolute atomic E-state index is 5.60. The summed E-state index contributed by atoms with van der Waals surface area (Å²) in [5.74, 6) is 2.88. The minimum atomic E-state index is 0.630. The van der Waals surface area contributed by atoms with E-state index in [9.17, 15) is 0 Å². The number of rotatable bonds is 6. The number of hydrogen-bond acceptors (Lipinski definition) is 4. The van der Waals surface area contributed by atoms with Gasteiger partial charge in [0.15, 0.2) is 0 Å². The van der Waals surface area contributed by atoms with Gasteiger partial charge >= 0.3 is 0 Å². The van der Waals surface area contributed by atoms with E-state index in [4.69, 9.17) is 4.74 Å². The first-order chi connectivity index (χ1) is 13.2. The van der Waals surface area contributed by atoms with Crippen LogP contribution in [-0.4, -0.2) is 37.2 Å². The third kappa shape index (κ3) is 4.49. The predicted molar refractivity (Wildman–Crippen MR) is 118 cm³/mol. The van der Waals surface area contributed by atoms with Crippen LogP contribution in [0.5, 0.6) is 5.75 Å². The molecule has 4 heteroatoms. The van der Waals surface area contributed by atoms with Crippen LogP contribution in [0.3, 0.4) is 0 Å². The van der Waals surface area contributed by atoms with Gasteiger partial charge in [-0.15, -0.1) is 23.5 Å². The molecule has 1 unspecified atom stereocenters. The first kappa shape index (κ1) is 19.2. The summed E-state index contributed by atoms with van der Waals surface area (Å²) in [7, 11) is 4.07.